The number of aliphatic hydroxyl groups is 1. The molecule has 1 aliphatic rings. The second-order valence-corrected chi connectivity index (χ2v) is 5.73. The highest BCUT2D eigenvalue weighted by Gasteiger charge is 2.18. The fraction of sp³-hybridized carbons (Fsp3) is 0.846. The zero-order valence-corrected chi connectivity index (χ0v) is 10.8. The molecular weight excluding hydrogens is 202 g/mol. The van der Waals surface area contributed by atoms with E-state index in [1.165, 1.54) is 5.57 Å². The average Bonchev–Trinajstić information content (AvgIpc) is 2.24. The summed E-state index contributed by atoms with van der Waals surface area (Å²) in [7, 11) is 0. The van der Waals surface area contributed by atoms with Crippen LogP contribution < -0.4 is 5.32 Å². The van der Waals surface area contributed by atoms with E-state index in [1.807, 2.05) is 0 Å². The van der Waals surface area contributed by atoms with Gasteiger partial charge >= 0.3 is 0 Å². The molecule has 0 aromatic carbocycles. The van der Waals surface area contributed by atoms with Crippen molar-refractivity contribution in [2.24, 2.45) is 5.41 Å². The minimum Gasteiger partial charge on any atom is -0.395 e. The van der Waals surface area contributed by atoms with Gasteiger partial charge in [0.1, 0.15) is 0 Å². The van der Waals surface area contributed by atoms with E-state index in [9.17, 15) is 5.11 Å². The third-order valence-electron chi connectivity index (χ3n) is 2.68. The fourth-order valence-electron chi connectivity index (χ4n) is 1.95. The van der Waals surface area contributed by atoms with Crippen LogP contribution in [0.25, 0.3) is 0 Å². The fourth-order valence-corrected chi connectivity index (χ4v) is 1.95. The molecule has 0 amide bonds. The van der Waals surface area contributed by atoms with Crippen molar-refractivity contribution < 1.29 is 9.84 Å². The molecule has 2 N–H and O–H groups in total. The Hall–Kier alpha value is -0.380. The molecular formula is C13H25NO2. The van der Waals surface area contributed by atoms with Gasteiger partial charge in [0.2, 0.25) is 0 Å². The van der Waals surface area contributed by atoms with Gasteiger partial charge in [-0.05, 0) is 23.8 Å². The minimum absolute atomic E-state index is 0.183. The highest BCUT2D eigenvalue weighted by atomic mass is 16.5. The van der Waals surface area contributed by atoms with Gasteiger partial charge in [-0.2, -0.15) is 0 Å². The van der Waals surface area contributed by atoms with Crippen LogP contribution in [0.5, 0.6) is 0 Å². The highest BCUT2D eigenvalue weighted by molar-refractivity contribution is 5.07. The van der Waals surface area contributed by atoms with Crippen LogP contribution in [0.4, 0.5) is 0 Å². The lowest BCUT2D eigenvalue weighted by atomic mass is 9.88. The van der Waals surface area contributed by atoms with E-state index in [-0.39, 0.29) is 18.1 Å². The summed E-state index contributed by atoms with van der Waals surface area (Å²) in [6.07, 6.45) is 4.24. The molecule has 0 fully saturated rings. The summed E-state index contributed by atoms with van der Waals surface area (Å²) in [6, 6.07) is 0.183. The standard InChI is InChI=1S/C13H25NO2/c1-13(2,3)7-12(9-15)14-8-11-5-4-6-16-10-11/h5,12,14-15H,4,6-10H2,1-3H3. The first-order chi connectivity index (χ1) is 7.51. The predicted octanol–water partition coefficient (Wildman–Crippen LogP) is 1.72. The van der Waals surface area contributed by atoms with Gasteiger partial charge in [-0.3, -0.25) is 0 Å². The molecule has 0 aromatic rings. The van der Waals surface area contributed by atoms with E-state index < -0.39 is 0 Å². The molecule has 0 aromatic heterocycles. The maximum atomic E-state index is 9.31. The first-order valence-electron chi connectivity index (χ1n) is 6.11. The lowest BCUT2D eigenvalue weighted by Gasteiger charge is -2.26. The first kappa shape index (κ1) is 13.7. The molecule has 0 aliphatic carbocycles. The lowest BCUT2D eigenvalue weighted by molar-refractivity contribution is 0.146. The Morgan fingerprint density at radius 2 is 2.25 bits per heavy atom. The summed E-state index contributed by atoms with van der Waals surface area (Å²) in [5, 5.41) is 12.7. The monoisotopic (exact) mass is 227 g/mol. The van der Waals surface area contributed by atoms with Crippen molar-refractivity contribution in [1.82, 2.24) is 5.32 Å². The number of rotatable bonds is 5. The Bertz CT molecular complexity index is 231. The van der Waals surface area contributed by atoms with Gasteiger partial charge in [0.25, 0.3) is 0 Å². The molecule has 0 saturated heterocycles. The smallest absolute Gasteiger partial charge is 0.0689 e. The zero-order chi connectivity index (χ0) is 12.0. The number of ether oxygens (including phenoxy) is 1. The Balaban J connectivity index is 2.30. The van der Waals surface area contributed by atoms with Gasteiger partial charge in [-0.1, -0.05) is 26.8 Å². The van der Waals surface area contributed by atoms with Gasteiger partial charge < -0.3 is 15.2 Å². The molecule has 1 rings (SSSR count). The van der Waals surface area contributed by atoms with Gasteiger partial charge in [-0.15, -0.1) is 0 Å². The largest absolute Gasteiger partial charge is 0.395 e. The van der Waals surface area contributed by atoms with Crippen LogP contribution >= 0.6 is 0 Å². The van der Waals surface area contributed by atoms with Gasteiger partial charge in [0.05, 0.1) is 19.8 Å². The Kier molecular flexibility index (Phi) is 5.46. The van der Waals surface area contributed by atoms with Crippen molar-refractivity contribution in [2.75, 3.05) is 26.4 Å². The second kappa shape index (κ2) is 6.38. The lowest BCUT2D eigenvalue weighted by Crippen LogP contribution is -2.37. The Labute approximate surface area is 98.9 Å². The molecule has 1 aliphatic heterocycles. The van der Waals surface area contributed by atoms with Gasteiger partial charge in [0, 0.05) is 12.6 Å². The molecule has 3 heteroatoms. The minimum atomic E-state index is 0.183. The van der Waals surface area contributed by atoms with Crippen molar-refractivity contribution in [1.29, 1.82) is 0 Å². The SMILES string of the molecule is CC(C)(C)CC(CO)NCC1=CCCOC1. The first-order valence-corrected chi connectivity index (χ1v) is 6.11. The third-order valence-corrected chi connectivity index (χ3v) is 2.68. The van der Waals surface area contributed by atoms with Crippen LogP contribution in [-0.2, 0) is 4.74 Å². The topological polar surface area (TPSA) is 41.5 Å². The van der Waals surface area contributed by atoms with Crippen molar-refractivity contribution in [3.63, 3.8) is 0 Å². The number of nitrogens with one attached hydrogen (secondary N) is 1. The van der Waals surface area contributed by atoms with E-state index in [2.05, 4.69) is 32.2 Å². The Morgan fingerprint density at radius 3 is 2.75 bits per heavy atom. The molecule has 1 heterocycles. The number of hydrogen-bond acceptors (Lipinski definition) is 3. The van der Waals surface area contributed by atoms with Crippen LogP contribution in [0.2, 0.25) is 0 Å². The van der Waals surface area contributed by atoms with Crippen molar-refractivity contribution in [2.45, 2.75) is 39.7 Å². The summed E-state index contributed by atoms with van der Waals surface area (Å²) >= 11 is 0. The summed E-state index contributed by atoms with van der Waals surface area (Å²) in [5.41, 5.74) is 1.55. The molecule has 16 heavy (non-hydrogen) atoms. The van der Waals surface area contributed by atoms with Crippen molar-refractivity contribution >= 4 is 0 Å². The highest BCUT2D eigenvalue weighted by Crippen LogP contribution is 2.20. The van der Waals surface area contributed by atoms with Crippen molar-refractivity contribution in [3.8, 4) is 0 Å². The zero-order valence-electron chi connectivity index (χ0n) is 10.8. The third kappa shape index (κ3) is 5.64. The van der Waals surface area contributed by atoms with E-state index in [4.69, 9.17) is 4.74 Å². The van der Waals surface area contributed by atoms with Gasteiger partial charge in [0.15, 0.2) is 0 Å². The average molecular weight is 227 g/mol. The van der Waals surface area contributed by atoms with Gasteiger partial charge in [-0.25, -0.2) is 0 Å². The second-order valence-electron chi connectivity index (χ2n) is 5.73. The molecule has 3 nitrogen and oxygen atoms in total. The van der Waals surface area contributed by atoms with E-state index >= 15 is 0 Å². The molecule has 0 bridgehead atoms. The van der Waals surface area contributed by atoms with Crippen LogP contribution in [-0.4, -0.2) is 37.5 Å². The quantitative estimate of drug-likeness (QED) is 0.703. The number of hydrogen-bond donors (Lipinski definition) is 2. The summed E-state index contributed by atoms with van der Waals surface area (Å²) in [6.45, 7) is 9.20. The molecule has 0 saturated carbocycles. The maximum absolute atomic E-state index is 9.31. The van der Waals surface area contributed by atoms with Crippen LogP contribution in [0.1, 0.15) is 33.6 Å². The normalized spacial score (nSPS) is 19.4. The molecule has 1 unspecified atom stereocenters. The summed E-state index contributed by atoms with van der Waals surface area (Å²) < 4.78 is 5.38. The van der Waals surface area contributed by atoms with E-state index in [1.54, 1.807) is 0 Å². The molecule has 94 valence electrons. The summed E-state index contributed by atoms with van der Waals surface area (Å²) in [4.78, 5) is 0. The summed E-state index contributed by atoms with van der Waals surface area (Å²) in [5.74, 6) is 0. The Morgan fingerprint density at radius 1 is 1.50 bits per heavy atom. The maximum Gasteiger partial charge on any atom is 0.0689 e. The van der Waals surface area contributed by atoms with E-state index in [0.29, 0.717) is 0 Å². The van der Waals surface area contributed by atoms with Crippen LogP contribution in [0, 0.1) is 5.41 Å². The van der Waals surface area contributed by atoms with E-state index in [0.717, 1.165) is 32.6 Å². The number of aliphatic hydroxyl groups excluding tert-OH is 1. The molecule has 0 radical (unpaired) electrons. The van der Waals surface area contributed by atoms with Crippen molar-refractivity contribution in [3.05, 3.63) is 11.6 Å². The predicted molar refractivity (Wildman–Crippen MR) is 66.5 cm³/mol. The molecule has 0 spiro atoms. The van der Waals surface area contributed by atoms with Crippen LogP contribution in [0.3, 0.4) is 0 Å². The molecule has 1 atom stereocenters. The van der Waals surface area contributed by atoms with Crippen LogP contribution in [0.15, 0.2) is 11.6 Å².